The Morgan fingerprint density at radius 1 is 1.31 bits per heavy atom. The molecule has 0 aliphatic rings. The lowest BCUT2D eigenvalue weighted by Crippen LogP contribution is -2.38. The fraction of sp³-hybridized carbons (Fsp3) is 0.400. The van der Waals surface area contributed by atoms with Crippen LogP contribution in [0.5, 0.6) is 0 Å². The summed E-state index contributed by atoms with van der Waals surface area (Å²) in [5.41, 5.74) is 5.16. The standard InChI is InChI=1S/C10H11ClF3NO/c11-7-4-2-1-3-6(7)8(16)5-9(15)10(12,13)14/h1-4,8-9,16H,5,15H2/t8-,9-/m0/s1. The zero-order valence-electron chi connectivity index (χ0n) is 8.21. The minimum Gasteiger partial charge on any atom is -0.388 e. The van der Waals surface area contributed by atoms with Gasteiger partial charge in [-0.3, -0.25) is 0 Å². The average Bonchev–Trinajstić information content (AvgIpc) is 2.16. The van der Waals surface area contributed by atoms with Gasteiger partial charge in [-0.25, -0.2) is 0 Å². The molecule has 0 unspecified atom stereocenters. The van der Waals surface area contributed by atoms with E-state index in [2.05, 4.69) is 0 Å². The van der Waals surface area contributed by atoms with Crippen LogP contribution < -0.4 is 5.73 Å². The molecule has 0 saturated carbocycles. The van der Waals surface area contributed by atoms with Crippen molar-refractivity contribution in [3.63, 3.8) is 0 Å². The summed E-state index contributed by atoms with van der Waals surface area (Å²) in [6, 6.07) is 4.12. The molecule has 0 fully saturated rings. The summed E-state index contributed by atoms with van der Waals surface area (Å²) < 4.78 is 36.5. The molecular formula is C10H11ClF3NO. The van der Waals surface area contributed by atoms with Gasteiger partial charge in [-0.15, -0.1) is 0 Å². The van der Waals surface area contributed by atoms with Crippen LogP contribution in [0.25, 0.3) is 0 Å². The third kappa shape index (κ3) is 3.37. The molecular weight excluding hydrogens is 243 g/mol. The SMILES string of the molecule is N[C@@H](C[C@H](O)c1ccccc1Cl)C(F)(F)F. The van der Waals surface area contributed by atoms with E-state index >= 15 is 0 Å². The van der Waals surface area contributed by atoms with Crippen molar-refractivity contribution < 1.29 is 18.3 Å². The summed E-state index contributed by atoms with van der Waals surface area (Å²) in [4.78, 5) is 0. The maximum absolute atomic E-state index is 12.2. The molecule has 0 aromatic heterocycles. The van der Waals surface area contributed by atoms with Gasteiger partial charge in [0.2, 0.25) is 0 Å². The maximum atomic E-state index is 12.2. The van der Waals surface area contributed by atoms with Crippen LogP contribution in [-0.2, 0) is 0 Å². The number of hydrogen-bond donors (Lipinski definition) is 2. The number of nitrogens with two attached hydrogens (primary N) is 1. The lowest BCUT2D eigenvalue weighted by Gasteiger charge is -2.19. The van der Waals surface area contributed by atoms with Gasteiger partial charge in [-0.2, -0.15) is 13.2 Å². The van der Waals surface area contributed by atoms with Crippen molar-refractivity contribution in [1.29, 1.82) is 0 Å². The molecule has 0 bridgehead atoms. The van der Waals surface area contributed by atoms with Crippen LogP contribution in [0.3, 0.4) is 0 Å². The van der Waals surface area contributed by atoms with Gasteiger partial charge in [0.1, 0.15) is 6.04 Å². The Morgan fingerprint density at radius 2 is 1.88 bits per heavy atom. The summed E-state index contributed by atoms with van der Waals surface area (Å²) in [5, 5.41) is 9.80. The number of hydrogen-bond acceptors (Lipinski definition) is 2. The Labute approximate surface area is 95.8 Å². The molecule has 3 N–H and O–H groups in total. The lowest BCUT2D eigenvalue weighted by atomic mass is 10.0. The van der Waals surface area contributed by atoms with Crippen LogP contribution in [0, 0.1) is 0 Å². The Kier molecular flexibility index (Phi) is 4.18. The van der Waals surface area contributed by atoms with Crippen LogP contribution in [0.15, 0.2) is 24.3 Å². The van der Waals surface area contributed by atoms with Crippen molar-refractivity contribution in [3.8, 4) is 0 Å². The molecule has 6 heteroatoms. The number of halogens is 4. The van der Waals surface area contributed by atoms with Crippen LogP contribution in [0.2, 0.25) is 5.02 Å². The fourth-order valence-corrected chi connectivity index (χ4v) is 1.51. The fourth-order valence-electron chi connectivity index (χ4n) is 1.25. The van der Waals surface area contributed by atoms with Gasteiger partial charge in [0.05, 0.1) is 6.10 Å². The highest BCUT2D eigenvalue weighted by atomic mass is 35.5. The van der Waals surface area contributed by atoms with E-state index in [9.17, 15) is 18.3 Å². The van der Waals surface area contributed by atoms with E-state index in [1.54, 1.807) is 12.1 Å². The second-order valence-electron chi connectivity index (χ2n) is 3.42. The maximum Gasteiger partial charge on any atom is 0.403 e. The molecule has 1 aromatic rings. The quantitative estimate of drug-likeness (QED) is 0.870. The molecule has 0 aliphatic heterocycles. The van der Waals surface area contributed by atoms with Crippen molar-refractivity contribution in [2.75, 3.05) is 0 Å². The summed E-state index contributed by atoms with van der Waals surface area (Å²) in [6.45, 7) is 0. The minimum absolute atomic E-state index is 0.226. The zero-order valence-corrected chi connectivity index (χ0v) is 8.96. The van der Waals surface area contributed by atoms with Gasteiger partial charge in [0.15, 0.2) is 0 Å². The highest BCUT2D eigenvalue weighted by Gasteiger charge is 2.38. The normalized spacial score (nSPS) is 15.9. The first kappa shape index (κ1) is 13.3. The lowest BCUT2D eigenvalue weighted by molar-refractivity contribution is -0.153. The second kappa shape index (κ2) is 5.03. The van der Waals surface area contributed by atoms with Crippen molar-refractivity contribution >= 4 is 11.6 Å². The van der Waals surface area contributed by atoms with Crippen LogP contribution in [-0.4, -0.2) is 17.3 Å². The number of alkyl halides is 3. The molecule has 1 aromatic carbocycles. The Bertz CT molecular complexity index is 356. The van der Waals surface area contributed by atoms with Gasteiger partial charge in [-0.05, 0) is 11.6 Å². The van der Waals surface area contributed by atoms with Gasteiger partial charge >= 0.3 is 6.18 Å². The molecule has 2 nitrogen and oxygen atoms in total. The molecule has 90 valence electrons. The summed E-state index contributed by atoms with van der Waals surface area (Å²) in [5.74, 6) is 0. The van der Waals surface area contributed by atoms with E-state index in [1.807, 2.05) is 0 Å². The van der Waals surface area contributed by atoms with Crippen molar-refractivity contribution in [3.05, 3.63) is 34.9 Å². The first-order valence-corrected chi connectivity index (χ1v) is 4.95. The van der Waals surface area contributed by atoms with E-state index in [1.165, 1.54) is 12.1 Å². The van der Waals surface area contributed by atoms with Gasteiger partial charge in [0.25, 0.3) is 0 Å². The van der Waals surface area contributed by atoms with E-state index in [0.717, 1.165) is 0 Å². The number of rotatable bonds is 3. The van der Waals surface area contributed by atoms with E-state index in [0.29, 0.717) is 0 Å². The van der Waals surface area contributed by atoms with Gasteiger partial charge in [-0.1, -0.05) is 29.8 Å². The van der Waals surface area contributed by atoms with Crippen LogP contribution in [0.4, 0.5) is 13.2 Å². The molecule has 0 spiro atoms. The van der Waals surface area contributed by atoms with E-state index in [-0.39, 0.29) is 10.6 Å². The predicted octanol–water partition coefficient (Wildman–Crippen LogP) is 2.65. The topological polar surface area (TPSA) is 46.2 Å². The predicted molar refractivity (Wildman–Crippen MR) is 55.1 cm³/mol. The smallest absolute Gasteiger partial charge is 0.388 e. The highest BCUT2D eigenvalue weighted by Crippen LogP contribution is 2.29. The molecule has 0 saturated heterocycles. The Morgan fingerprint density at radius 3 is 2.38 bits per heavy atom. The average molecular weight is 254 g/mol. The Balaban J connectivity index is 2.73. The summed E-state index contributed by atoms with van der Waals surface area (Å²) in [7, 11) is 0. The first-order chi connectivity index (χ1) is 7.32. The first-order valence-electron chi connectivity index (χ1n) is 4.57. The van der Waals surface area contributed by atoms with E-state index in [4.69, 9.17) is 17.3 Å². The third-order valence-corrected chi connectivity index (χ3v) is 2.51. The molecule has 16 heavy (non-hydrogen) atoms. The van der Waals surface area contributed by atoms with Crippen molar-refractivity contribution in [2.24, 2.45) is 5.73 Å². The molecule has 0 radical (unpaired) electrons. The number of benzene rings is 1. The van der Waals surface area contributed by atoms with Gasteiger partial charge in [0, 0.05) is 11.4 Å². The molecule has 0 heterocycles. The summed E-state index contributed by atoms with van der Waals surface area (Å²) in [6.07, 6.45) is -6.43. The van der Waals surface area contributed by atoms with Crippen LogP contribution in [0.1, 0.15) is 18.1 Å². The number of aliphatic hydroxyl groups excluding tert-OH is 1. The van der Waals surface area contributed by atoms with Crippen LogP contribution >= 0.6 is 11.6 Å². The zero-order chi connectivity index (χ0) is 12.3. The minimum atomic E-state index is -4.51. The molecule has 1 rings (SSSR count). The summed E-state index contributed by atoms with van der Waals surface area (Å²) >= 11 is 5.73. The van der Waals surface area contributed by atoms with E-state index < -0.39 is 24.7 Å². The molecule has 0 aliphatic carbocycles. The molecule has 2 atom stereocenters. The molecule has 0 amide bonds. The third-order valence-electron chi connectivity index (χ3n) is 2.16. The van der Waals surface area contributed by atoms with Gasteiger partial charge < -0.3 is 10.8 Å². The number of aliphatic hydroxyl groups is 1. The largest absolute Gasteiger partial charge is 0.403 e. The highest BCUT2D eigenvalue weighted by molar-refractivity contribution is 6.31. The van der Waals surface area contributed by atoms with Crippen molar-refractivity contribution in [2.45, 2.75) is 24.7 Å². The monoisotopic (exact) mass is 253 g/mol. The second-order valence-corrected chi connectivity index (χ2v) is 3.83. The van der Waals surface area contributed by atoms with Crippen molar-refractivity contribution in [1.82, 2.24) is 0 Å². The Hall–Kier alpha value is -0.780.